The fourth-order valence-electron chi connectivity index (χ4n) is 1.54. The first-order valence-corrected chi connectivity index (χ1v) is 6.86. The van der Waals surface area contributed by atoms with Crippen molar-refractivity contribution in [2.24, 2.45) is 0 Å². The summed E-state index contributed by atoms with van der Waals surface area (Å²) in [6, 6.07) is 5.39. The Labute approximate surface area is 124 Å². The molecule has 0 saturated heterocycles. The molecule has 0 atom stereocenters. The fraction of sp³-hybridized carbons (Fsp3) is 0.400. The van der Waals surface area contributed by atoms with E-state index >= 15 is 0 Å². The van der Waals surface area contributed by atoms with Gasteiger partial charge in [-0.25, -0.2) is 9.78 Å². The highest BCUT2D eigenvalue weighted by molar-refractivity contribution is 5.89. The van der Waals surface area contributed by atoms with Crippen molar-refractivity contribution < 1.29 is 19.1 Å². The van der Waals surface area contributed by atoms with E-state index in [4.69, 9.17) is 9.47 Å². The average Bonchev–Trinajstić information content (AvgIpc) is 2.48. The topological polar surface area (TPSA) is 77.5 Å². The summed E-state index contributed by atoms with van der Waals surface area (Å²) in [4.78, 5) is 27.3. The monoisotopic (exact) mass is 292 g/mol. The average molecular weight is 292 g/mol. The maximum atomic E-state index is 11.8. The number of hydrogen-bond donors (Lipinski definition) is 1. The van der Waals surface area contributed by atoms with Gasteiger partial charge in [-0.2, -0.15) is 0 Å². The van der Waals surface area contributed by atoms with Gasteiger partial charge in [-0.3, -0.25) is 4.79 Å². The van der Waals surface area contributed by atoms with Crippen molar-refractivity contribution >= 4 is 17.8 Å². The van der Waals surface area contributed by atoms with Gasteiger partial charge in [0, 0.05) is 18.8 Å². The highest BCUT2D eigenvalue weighted by Crippen LogP contribution is 2.10. The van der Waals surface area contributed by atoms with E-state index in [0.717, 1.165) is 0 Å². The summed E-state index contributed by atoms with van der Waals surface area (Å²) in [5, 5.41) is 2.91. The lowest BCUT2D eigenvalue weighted by atomic mass is 10.1. The summed E-state index contributed by atoms with van der Waals surface area (Å²) in [5.41, 5.74) is 0.371. The van der Waals surface area contributed by atoms with Crippen LogP contribution in [0.4, 0.5) is 5.82 Å². The van der Waals surface area contributed by atoms with Crippen molar-refractivity contribution in [1.29, 1.82) is 0 Å². The number of ether oxygens (including phenoxy) is 2. The summed E-state index contributed by atoms with van der Waals surface area (Å²) in [6.45, 7) is 4.07. The molecule has 1 aromatic rings. The highest BCUT2D eigenvalue weighted by Gasteiger charge is 2.13. The van der Waals surface area contributed by atoms with Crippen molar-refractivity contribution in [3.8, 4) is 0 Å². The lowest BCUT2D eigenvalue weighted by molar-refractivity contribution is -0.143. The van der Waals surface area contributed by atoms with Crippen LogP contribution in [-0.2, 0) is 19.1 Å². The lowest BCUT2D eigenvalue weighted by Gasteiger charge is -2.08. The molecule has 6 heteroatoms. The number of nitrogens with one attached hydrogen (secondary N) is 1. The van der Waals surface area contributed by atoms with Crippen LogP contribution in [-0.4, -0.2) is 30.1 Å². The van der Waals surface area contributed by atoms with E-state index in [9.17, 15) is 9.59 Å². The quantitative estimate of drug-likeness (QED) is 0.585. The van der Waals surface area contributed by atoms with E-state index in [-0.39, 0.29) is 25.4 Å². The molecule has 0 aliphatic heterocycles. The molecule has 1 N–H and O–H groups in total. The molecule has 0 aromatic carbocycles. The standard InChI is InChI=1S/C15H20N2O4/c1-3-20-14(18)9-8-12(15(19)21-4-2)11-17-13-7-5-6-10-16-13/h5-7,10-11H,3-4,8-9H2,1-2H3,(H,16,17)/b12-11-. The number of anilines is 1. The van der Waals surface area contributed by atoms with Crippen LogP contribution >= 0.6 is 0 Å². The molecule has 0 radical (unpaired) electrons. The van der Waals surface area contributed by atoms with E-state index in [0.29, 0.717) is 18.0 Å². The molecule has 114 valence electrons. The van der Waals surface area contributed by atoms with Gasteiger partial charge in [0.05, 0.1) is 18.8 Å². The second-order valence-corrected chi connectivity index (χ2v) is 4.05. The summed E-state index contributed by atoms with van der Waals surface area (Å²) in [6.07, 6.45) is 3.53. The second-order valence-electron chi connectivity index (χ2n) is 4.05. The SMILES string of the molecule is CCOC(=O)CC/C(=C/Nc1ccccn1)C(=O)OCC. The van der Waals surface area contributed by atoms with E-state index < -0.39 is 5.97 Å². The number of hydrogen-bond acceptors (Lipinski definition) is 6. The predicted octanol–water partition coefficient (Wildman–Crippen LogP) is 2.28. The Balaban J connectivity index is 2.67. The fourth-order valence-corrected chi connectivity index (χ4v) is 1.54. The lowest BCUT2D eigenvalue weighted by Crippen LogP contribution is -2.12. The number of rotatable bonds is 8. The molecular weight excluding hydrogens is 272 g/mol. The van der Waals surface area contributed by atoms with Gasteiger partial charge >= 0.3 is 11.9 Å². The molecule has 0 fully saturated rings. The number of esters is 2. The molecule has 0 spiro atoms. The van der Waals surface area contributed by atoms with Gasteiger partial charge in [0.25, 0.3) is 0 Å². The number of carbonyl (C=O) groups excluding carboxylic acids is 2. The van der Waals surface area contributed by atoms with E-state index in [1.807, 2.05) is 6.07 Å². The van der Waals surface area contributed by atoms with Crippen LogP contribution in [0, 0.1) is 0 Å². The maximum Gasteiger partial charge on any atom is 0.335 e. The van der Waals surface area contributed by atoms with Gasteiger partial charge in [-0.05, 0) is 32.4 Å². The molecule has 0 aliphatic rings. The normalized spacial score (nSPS) is 10.9. The van der Waals surface area contributed by atoms with Crippen LogP contribution in [0.3, 0.4) is 0 Å². The Morgan fingerprint density at radius 2 is 1.95 bits per heavy atom. The molecule has 0 saturated carbocycles. The Kier molecular flexibility index (Phi) is 7.56. The third kappa shape index (κ3) is 6.56. The van der Waals surface area contributed by atoms with Crippen LogP contribution in [0.1, 0.15) is 26.7 Å². The zero-order valence-electron chi connectivity index (χ0n) is 12.3. The molecule has 1 heterocycles. The first-order chi connectivity index (χ1) is 10.2. The Hall–Kier alpha value is -2.37. The molecule has 1 rings (SSSR count). The zero-order chi connectivity index (χ0) is 15.5. The van der Waals surface area contributed by atoms with Crippen molar-refractivity contribution in [3.05, 3.63) is 36.2 Å². The minimum absolute atomic E-state index is 0.127. The predicted molar refractivity (Wildman–Crippen MR) is 78.4 cm³/mol. The smallest absolute Gasteiger partial charge is 0.335 e. The summed E-state index contributed by atoms with van der Waals surface area (Å²) < 4.78 is 9.81. The molecule has 0 bridgehead atoms. The Morgan fingerprint density at radius 3 is 2.57 bits per heavy atom. The second kappa shape index (κ2) is 9.52. The van der Waals surface area contributed by atoms with Crippen molar-refractivity contribution in [2.45, 2.75) is 26.7 Å². The largest absolute Gasteiger partial charge is 0.466 e. The van der Waals surface area contributed by atoms with E-state index in [1.165, 1.54) is 6.20 Å². The van der Waals surface area contributed by atoms with Gasteiger partial charge in [0.2, 0.25) is 0 Å². The van der Waals surface area contributed by atoms with Crippen LogP contribution in [0.15, 0.2) is 36.2 Å². The van der Waals surface area contributed by atoms with Gasteiger partial charge in [-0.15, -0.1) is 0 Å². The minimum Gasteiger partial charge on any atom is -0.466 e. The summed E-state index contributed by atoms with van der Waals surface area (Å²) in [5.74, 6) is -0.189. The molecule has 0 unspecified atom stereocenters. The van der Waals surface area contributed by atoms with Crippen molar-refractivity contribution in [1.82, 2.24) is 4.98 Å². The van der Waals surface area contributed by atoms with E-state index in [1.54, 1.807) is 32.2 Å². The molecule has 21 heavy (non-hydrogen) atoms. The molecular formula is C15H20N2O4. The van der Waals surface area contributed by atoms with Crippen LogP contribution < -0.4 is 5.32 Å². The Bertz CT molecular complexity index is 486. The minimum atomic E-state index is -0.453. The third-order valence-corrected chi connectivity index (χ3v) is 2.50. The summed E-state index contributed by atoms with van der Waals surface area (Å²) >= 11 is 0. The summed E-state index contributed by atoms with van der Waals surface area (Å²) in [7, 11) is 0. The number of nitrogens with zero attached hydrogens (tertiary/aromatic N) is 1. The van der Waals surface area contributed by atoms with Crippen LogP contribution in [0.25, 0.3) is 0 Å². The third-order valence-electron chi connectivity index (χ3n) is 2.50. The molecule has 0 amide bonds. The van der Waals surface area contributed by atoms with Crippen molar-refractivity contribution in [2.75, 3.05) is 18.5 Å². The number of carbonyl (C=O) groups is 2. The first-order valence-electron chi connectivity index (χ1n) is 6.86. The van der Waals surface area contributed by atoms with Gasteiger partial charge in [0.15, 0.2) is 0 Å². The van der Waals surface area contributed by atoms with Crippen molar-refractivity contribution in [3.63, 3.8) is 0 Å². The first kappa shape index (κ1) is 16.7. The van der Waals surface area contributed by atoms with Gasteiger partial charge in [0.1, 0.15) is 5.82 Å². The highest BCUT2D eigenvalue weighted by atomic mass is 16.5. The van der Waals surface area contributed by atoms with Gasteiger partial charge in [-0.1, -0.05) is 6.07 Å². The number of aromatic nitrogens is 1. The molecule has 1 aromatic heterocycles. The van der Waals surface area contributed by atoms with E-state index in [2.05, 4.69) is 10.3 Å². The molecule has 0 aliphatic carbocycles. The van der Waals surface area contributed by atoms with Crippen LogP contribution in [0.5, 0.6) is 0 Å². The number of pyridine rings is 1. The Morgan fingerprint density at radius 1 is 1.19 bits per heavy atom. The van der Waals surface area contributed by atoms with Gasteiger partial charge < -0.3 is 14.8 Å². The van der Waals surface area contributed by atoms with Crippen LogP contribution in [0.2, 0.25) is 0 Å². The molecule has 6 nitrogen and oxygen atoms in total. The maximum absolute atomic E-state index is 11.8. The zero-order valence-corrected chi connectivity index (χ0v) is 12.3.